The average Bonchev–Trinajstić information content (AvgIpc) is 2.78. The third kappa shape index (κ3) is 4.55. The van der Waals surface area contributed by atoms with E-state index in [1.165, 1.54) is 0 Å². The number of carbonyl (C=O) groups excluding carboxylic acids is 1. The van der Waals surface area contributed by atoms with E-state index >= 15 is 0 Å². The number of carbonyl (C=O) groups is 1. The second-order valence-electron chi connectivity index (χ2n) is 6.61. The number of para-hydroxylation sites is 2. The molecule has 2 aromatic heterocycles. The fourth-order valence-corrected chi connectivity index (χ4v) is 2.89. The van der Waals surface area contributed by atoms with Crippen molar-refractivity contribution in [3.63, 3.8) is 0 Å². The molecule has 0 aliphatic rings. The van der Waals surface area contributed by atoms with Crippen LogP contribution in [-0.2, 0) is 11.3 Å². The Labute approximate surface area is 168 Å². The van der Waals surface area contributed by atoms with Crippen LogP contribution in [0.4, 0.5) is 0 Å². The summed E-state index contributed by atoms with van der Waals surface area (Å²) in [6, 6.07) is 19.0. The first-order valence-electron chi connectivity index (χ1n) is 9.34. The molecular weight excluding hydrogens is 364 g/mol. The van der Waals surface area contributed by atoms with Crippen molar-refractivity contribution >= 4 is 16.9 Å². The van der Waals surface area contributed by atoms with Gasteiger partial charge in [0.15, 0.2) is 6.10 Å². The minimum Gasteiger partial charge on any atom is -0.481 e. The van der Waals surface area contributed by atoms with E-state index in [-0.39, 0.29) is 5.91 Å². The molecule has 0 fully saturated rings. The maximum absolute atomic E-state index is 12.3. The van der Waals surface area contributed by atoms with Crippen molar-refractivity contribution in [2.75, 3.05) is 0 Å². The van der Waals surface area contributed by atoms with Gasteiger partial charge >= 0.3 is 0 Å². The van der Waals surface area contributed by atoms with Crippen LogP contribution in [0.2, 0.25) is 0 Å². The van der Waals surface area contributed by atoms with Crippen molar-refractivity contribution in [1.82, 2.24) is 20.3 Å². The molecule has 0 spiro atoms. The summed E-state index contributed by atoms with van der Waals surface area (Å²) in [5, 5.41) is 2.85. The summed E-state index contributed by atoms with van der Waals surface area (Å²) in [6.45, 7) is 2.14. The van der Waals surface area contributed by atoms with Crippen molar-refractivity contribution in [3.05, 3.63) is 84.8 Å². The summed E-state index contributed by atoms with van der Waals surface area (Å²) in [5.74, 6) is 0.435. The molecule has 1 N–H and O–H groups in total. The molecular formula is C23H20N4O2. The molecule has 4 aromatic rings. The van der Waals surface area contributed by atoms with Crippen LogP contribution >= 0.6 is 0 Å². The van der Waals surface area contributed by atoms with Gasteiger partial charge in [-0.2, -0.15) is 0 Å². The molecule has 6 heteroatoms. The van der Waals surface area contributed by atoms with Gasteiger partial charge in [-0.05, 0) is 55.0 Å². The van der Waals surface area contributed by atoms with Gasteiger partial charge in [0.05, 0.1) is 22.9 Å². The van der Waals surface area contributed by atoms with Gasteiger partial charge in [0.2, 0.25) is 0 Å². The molecule has 0 aliphatic carbocycles. The topological polar surface area (TPSA) is 77.0 Å². The van der Waals surface area contributed by atoms with Gasteiger partial charge in [0.25, 0.3) is 5.91 Å². The second-order valence-corrected chi connectivity index (χ2v) is 6.61. The summed E-state index contributed by atoms with van der Waals surface area (Å²) in [6.07, 6.45) is 4.56. The van der Waals surface area contributed by atoms with Crippen molar-refractivity contribution in [2.24, 2.45) is 0 Å². The SMILES string of the molecule is C[C@H](Oc1ccc(-c2cnc3ccccc3n2)cc1)C(=O)NCc1cccnc1. The van der Waals surface area contributed by atoms with E-state index in [4.69, 9.17) is 4.74 Å². The second kappa shape index (κ2) is 8.48. The van der Waals surface area contributed by atoms with E-state index in [0.29, 0.717) is 12.3 Å². The van der Waals surface area contributed by atoms with E-state index in [2.05, 4.69) is 20.3 Å². The number of amides is 1. The Kier molecular flexibility index (Phi) is 5.42. The van der Waals surface area contributed by atoms with Gasteiger partial charge in [0, 0.05) is 24.5 Å². The smallest absolute Gasteiger partial charge is 0.261 e. The number of rotatable bonds is 6. The molecule has 1 atom stereocenters. The quantitative estimate of drug-likeness (QED) is 0.547. The minimum absolute atomic E-state index is 0.182. The third-order valence-electron chi connectivity index (χ3n) is 4.47. The lowest BCUT2D eigenvalue weighted by Crippen LogP contribution is -2.35. The van der Waals surface area contributed by atoms with Gasteiger partial charge in [-0.25, -0.2) is 4.98 Å². The summed E-state index contributed by atoms with van der Waals surface area (Å²) >= 11 is 0. The van der Waals surface area contributed by atoms with Crippen LogP contribution in [0.15, 0.2) is 79.3 Å². The Morgan fingerprint density at radius 1 is 1.00 bits per heavy atom. The fourth-order valence-electron chi connectivity index (χ4n) is 2.89. The highest BCUT2D eigenvalue weighted by molar-refractivity contribution is 5.80. The van der Waals surface area contributed by atoms with Gasteiger partial charge in [-0.3, -0.25) is 14.8 Å². The molecule has 29 heavy (non-hydrogen) atoms. The van der Waals surface area contributed by atoms with Crippen molar-refractivity contribution in [3.8, 4) is 17.0 Å². The number of nitrogens with zero attached hydrogens (tertiary/aromatic N) is 3. The Hall–Kier alpha value is -3.80. The zero-order chi connectivity index (χ0) is 20.1. The van der Waals surface area contributed by atoms with Crippen LogP contribution in [0.5, 0.6) is 5.75 Å². The number of aromatic nitrogens is 3. The molecule has 0 saturated heterocycles. The fraction of sp³-hybridized carbons (Fsp3) is 0.130. The number of nitrogens with one attached hydrogen (secondary N) is 1. The Bertz CT molecular complexity index is 1110. The number of pyridine rings is 1. The first kappa shape index (κ1) is 18.6. The van der Waals surface area contributed by atoms with Crippen LogP contribution < -0.4 is 10.1 Å². The maximum Gasteiger partial charge on any atom is 0.261 e. The average molecular weight is 384 g/mol. The maximum atomic E-state index is 12.3. The van der Waals surface area contributed by atoms with Gasteiger partial charge in [-0.15, -0.1) is 0 Å². The zero-order valence-electron chi connectivity index (χ0n) is 15.9. The molecule has 2 aromatic carbocycles. The van der Waals surface area contributed by atoms with Gasteiger partial charge in [-0.1, -0.05) is 18.2 Å². The highest BCUT2D eigenvalue weighted by Gasteiger charge is 2.14. The summed E-state index contributed by atoms with van der Waals surface area (Å²) in [4.78, 5) is 25.4. The number of hydrogen-bond donors (Lipinski definition) is 1. The summed E-state index contributed by atoms with van der Waals surface area (Å²) in [5.41, 5.74) is 4.38. The number of ether oxygens (including phenoxy) is 1. The van der Waals surface area contributed by atoms with Crippen molar-refractivity contribution < 1.29 is 9.53 Å². The van der Waals surface area contributed by atoms with Crippen LogP contribution in [0.3, 0.4) is 0 Å². The van der Waals surface area contributed by atoms with E-state index in [1.54, 1.807) is 25.5 Å². The van der Waals surface area contributed by atoms with E-state index in [0.717, 1.165) is 27.9 Å². The Morgan fingerprint density at radius 2 is 1.79 bits per heavy atom. The Balaban J connectivity index is 1.38. The summed E-state index contributed by atoms with van der Waals surface area (Å²) in [7, 11) is 0. The standard InChI is InChI=1S/C23H20N4O2/c1-16(23(28)26-14-17-5-4-12-24-13-17)29-19-10-8-18(9-11-19)22-15-25-20-6-2-3-7-21(20)27-22/h2-13,15-16H,14H2,1H3,(H,26,28)/t16-/m0/s1. The van der Waals surface area contributed by atoms with Gasteiger partial charge in [0.1, 0.15) is 5.75 Å². The molecule has 6 nitrogen and oxygen atoms in total. The predicted molar refractivity (Wildman–Crippen MR) is 111 cm³/mol. The summed E-state index contributed by atoms with van der Waals surface area (Å²) < 4.78 is 5.76. The van der Waals surface area contributed by atoms with E-state index in [9.17, 15) is 4.79 Å². The molecule has 1 amide bonds. The number of hydrogen-bond acceptors (Lipinski definition) is 5. The largest absolute Gasteiger partial charge is 0.481 e. The lowest BCUT2D eigenvalue weighted by molar-refractivity contribution is -0.127. The normalized spacial score (nSPS) is 11.8. The zero-order valence-corrected chi connectivity index (χ0v) is 15.9. The third-order valence-corrected chi connectivity index (χ3v) is 4.47. The lowest BCUT2D eigenvalue weighted by atomic mass is 10.1. The number of benzene rings is 2. The van der Waals surface area contributed by atoms with E-state index in [1.807, 2.05) is 60.7 Å². The molecule has 4 rings (SSSR count). The van der Waals surface area contributed by atoms with E-state index < -0.39 is 6.10 Å². The molecule has 0 aliphatic heterocycles. The first-order valence-corrected chi connectivity index (χ1v) is 9.34. The number of fused-ring (bicyclic) bond motifs is 1. The van der Waals surface area contributed by atoms with Crippen LogP contribution in [-0.4, -0.2) is 27.0 Å². The highest BCUT2D eigenvalue weighted by Crippen LogP contribution is 2.22. The lowest BCUT2D eigenvalue weighted by Gasteiger charge is -2.15. The molecule has 0 bridgehead atoms. The first-order chi connectivity index (χ1) is 14.2. The predicted octanol–water partition coefficient (Wildman–Crippen LogP) is 3.78. The van der Waals surface area contributed by atoms with Crippen LogP contribution in [0.25, 0.3) is 22.3 Å². The highest BCUT2D eigenvalue weighted by atomic mass is 16.5. The molecule has 144 valence electrons. The Morgan fingerprint density at radius 3 is 2.55 bits per heavy atom. The minimum atomic E-state index is -0.613. The van der Waals surface area contributed by atoms with Crippen molar-refractivity contribution in [2.45, 2.75) is 19.6 Å². The molecule has 0 radical (unpaired) electrons. The molecule has 0 saturated carbocycles. The van der Waals surface area contributed by atoms with Crippen LogP contribution in [0, 0.1) is 0 Å². The van der Waals surface area contributed by atoms with Gasteiger partial charge < -0.3 is 10.1 Å². The molecule has 0 unspecified atom stereocenters. The molecule has 2 heterocycles. The van der Waals surface area contributed by atoms with Crippen molar-refractivity contribution in [1.29, 1.82) is 0 Å². The monoisotopic (exact) mass is 384 g/mol. The van der Waals surface area contributed by atoms with Crippen LogP contribution in [0.1, 0.15) is 12.5 Å².